The summed E-state index contributed by atoms with van der Waals surface area (Å²) in [4.78, 5) is 18.7. The number of hydrogen-bond acceptors (Lipinski definition) is 2. The molecule has 0 aliphatic rings. The van der Waals surface area contributed by atoms with Crippen LogP contribution in [0.5, 0.6) is 0 Å². The van der Waals surface area contributed by atoms with Crippen molar-refractivity contribution in [3.05, 3.63) is 46.9 Å². The fourth-order valence-corrected chi connectivity index (χ4v) is 2.28. The summed E-state index contributed by atoms with van der Waals surface area (Å²) in [6.07, 6.45) is 9.41. The summed E-state index contributed by atoms with van der Waals surface area (Å²) in [5.74, 6) is 0. The van der Waals surface area contributed by atoms with Gasteiger partial charge in [-0.25, -0.2) is 0 Å². The van der Waals surface area contributed by atoms with E-state index >= 15 is 0 Å². The number of H-pyrrole nitrogens is 1. The summed E-state index contributed by atoms with van der Waals surface area (Å²) in [7, 11) is 0. The summed E-state index contributed by atoms with van der Waals surface area (Å²) >= 11 is 0. The predicted octanol–water partition coefficient (Wildman–Crippen LogP) is 3.81. The number of allylic oxidation sites excluding steroid dienone is 3. The Balaban J connectivity index is 2.56. The zero-order valence-corrected chi connectivity index (χ0v) is 11.5. The highest BCUT2D eigenvalue weighted by Gasteiger charge is 2.07. The van der Waals surface area contributed by atoms with Gasteiger partial charge >= 0.3 is 0 Å². The van der Waals surface area contributed by atoms with Crippen LogP contribution in [-0.2, 0) is 4.79 Å². The Bertz CT molecular complexity index is 662. The van der Waals surface area contributed by atoms with Crippen LogP contribution in [0.3, 0.4) is 0 Å². The molecule has 0 radical (unpaired) electrons. The minimum atomic E-state index is 0.736. The molecule has 2 aromatic heterocycles. The number of carbonyl (C=O) groups is 1. The SMILES string of the molecule is C/C=C(CC)\C(C=O)=C/c1c[nH]c2c(C)nccc12. The molecule has 0 amide bonds. The molecule has 0 aliphatic carbocycles. The van der Waals surface area contributed by atoms with E-state index in [2.05, 4.69) is 16.9 Å². The average Bonchev–Trinajstić information content (AvgIpc) is 2.83. The third-order valence-electron chi connectivity index (χ3n) is 3.36. The fraction of sp³-hybridized carbons (Fsp3) is 0.250. The lowest BCUT2D eigenvalue weighted by Gasteiger charge is -2.02. The summed E-state index contributed by atoms with van der Waals surface area (Å²) in [6, 6.07) is 1.97. The maximum atomic E-state index is 11.3. The van der Waals surface area contributed by atoms with Gasteiger partial charge < -0.3 is 4.98 Å². The second-order valence-corrected chi connectivity index (χ2v) is 4.45. The Morgan fingerprint density at radius 2 is 2.26 bits per heavy atom. The van der Waals surface area contributed by atoms with Crippen molar-refractivity contribution < 1.29 is 4.79 Å². The van der Waals surface area contributed by atoms with E-state index in [-0.39, 0.29) is 0 Å². The molecule has 0 bridgehead atoms. The second kappa shape index (κ2) is 5.65. The number of aromatic amines is 1. The van der Waals surface area contributed by atoms with Crippen LogP contribution in [0, 0.1) is 6.92 Å². The lowest BCUT2D eigenvalue weighted by Crippen LogP contribution is -1.90. The first-order valence-corrected chi connectivity index (χ1v) is 6.46. The summed E-state index contributed by atoms with van der Waals surface area (Å²) in [6.45, 7) is 5.98. The van der Waals surface area contributed by atoms with Gasteiger partial charge in [0.1, 0.15) is 6.29 Å². The lowest BCUT2D eigenvalue weighted by molar-refractivity contribution is -0.104. The molecule has 2 heterocycles. The van der Waals surface area contributed by atoms with Crippen molar-refractivity contribution in [2.45, 2.75) is 27.2 Å². The van der Waals surface area contributed by atoms with Crippen LogP contribution in [0.15, 0.2) is 35.7 Å². The molecule has 98 valence electrons. The molecular weight excluding hydrogens is 236 g/mol. The summed E-state index contributed by atoms with van der Waals surface area (Å²) < 4.78 is 0. The van der Waals surface area contributed by atoms with Gasteiger partial charge in [-0.05, 0) is 38.0 Å². The quantitative estimate of drug-likeness (QED) is 0.512. The highest BCUT2D eigenvalue weighted by Crippen LogP contribution is 2.23. The standard InChI is InChI=1S/C16H18N2O/c1-4-12(5-2)14(10-19)8-13-9-18-16-11(3)17-7-6-15(13)16/h4,6-10,18H,5H2,1-3H3/b12-4-,14-8-. The number of pyridine rings is 1. The summed E-state index contributed by atoms with van der Waals surface area (Å²) in [5.41, 5.74) is 4.81. The van der Waals surface area contributed by atoms with E-state index in [0.717, 1.165) is 46.0 Å². The van der Waals surface area contributed by atoms with E-state index in [0.29, 0.717) is 0 Å². The van der Waals surface area contributed by atoms with E-state index < -0.39 is 0 Å². The number of aryl methyl sites for hydroxylation is 1. The van der Waals surface area contributed by atoms with E-state index in [1.54, 1.807) is 6.20 Å². The molecule has 0 unspecified atom stereocenters. The maximum absolute atomic E-state index is 11.3. The van der Waals surface area contributed by atoms with Crippen LogP contribution < -0.4 is 0 Å². The third-order valence-corrected chi connectivity index (χ3v) is 3.36. The lowest BCUT2D eigenvalue weighted by atomic mass is 10.0. The second-order valence-electron chi connectivity index (χ2n) is 4.45. The molecule has 2 rings (SSSR count). The summed E-state index contributed by atoms with van der Waals surface area (Å²) in [5, 5.41) is 1.10. The molecule has 0 aromatic carbocycles. The highest BCUT2D eigenvalue weighted by atomic mass is 16.1. The molecule has 0 atom stereocenters. The van der Waals surface area contributed by atoms with Crippen molar-refractivity contribution in [1.82, 2.24) is 9.97 Å². The van der Waals surface area contributed by atoms with Gasteiger partial charge in [0.15, 0.2) is 0 Å². The molecule has 0 aliphatic heterocycles. The first kappa shape index (κ1) is 13.3. The fourth-order valence-electron chi connectivity index (χ4n) is 2.28. The van der Waals surface area contributed by atoms with Crippen molar-refractivity contribution in [1.29, 1.82) is 0 Å². The number of aldehydes is 1. The maximum Gasteiger partial charge on any atom is 0.150 e. The van der Waals surface area contributed by atoms with Crippen molar-refractivity contribution in [2.24, 2.45) is 0 Å². The number of fused-ring (bicyclic) bond motifs is 1. The van der Waals surface area contributed by atoms with Crippen LogP contribution in [0.4, 0.5) is 0 Å². The number of nitrogens with zero attached hydrogens (tertiary/aromatic N) is 1. The monoisotopic (exact) mass is 254 g/mol. The highest BCUT2D eigenvalue weighted by molar-refractivity contribution is 5.95. The van der Waals surface area contributed by atoms with E-state index in [1.807, 2.05) is 38.3 Å². The zero-order valence-electron chi connectivity index (χ0n) is 11.5. The van der Waals surface area contributed by atoms with Crippen molar-refractivity contribution in [3.8, 4) is 0 Å². The smallest absolute Gasteiger partial charge is 0.150 e. The minimum Gasteiger partial charge on any atom is -0.359 e. The first-order chi connectivity index (χ1) is 9.21. The third kappa shape index (κ3) is 2.50. The topological polar surface area (TPSA) is 45.8 Å². The van der Waals surface area contributed by atoms with Gasteiger partial charge in [-0.15, -0.1) is 0 Å². The molecular formula is C16H18N2O. The minimum absolute atomic E-state index is 0.736. The number of hydrogen-bond donors (Lipinski definition) is 1. The predicted molar refractivity (Wildman–Crippen MR) is 78.9 cm³/mol. The van der Waals surface area contributed by atoms with Gasteiger partial charge in [-0.1, -0.05) is 13.0 Å². The zero-order chi connectivity index (χ0) is 13.8. The number of aromatic nitrogens is 2. The van der Waals surface area contributed by atoms with E-state index in [4.69, 9.17) is 0 Å². The molecule has 0 fully saturated rings. The average molecular weight is 254 g/mol. The normalized spacial score (nSPS) is 13.0. The number of carbonyl (C=O) groups excluding carboxylic acids is 1. The van der Waals surface area contributed by atoms with Crippen molar-refractivity contribution in [2.75, 3.05) is 0 Å². The van der Waals surface area contributed by atoms with Gasteiger partial charge in [0, 0.05) is 28.9 Å². The molecule has 19 heavy (non-hydrogen) atoms. The molecule has 3 heteroatoms. The van der Waals surface area contributed by atoms with Crippen LogP contribution in [0.2, 0.25) is 0 Å². The van der Waals surface area contributed by atoms with Crippen LogP contribution in [-0.4, -0.2) is 16.3 Å². The molecule has 2 aromatic rings. The van der Waals surface area contributed by atoms with Gasteiger partial charge in [0.2, 0.25) is 0 Å². The van der Waals surface area contributed by atoms with Crippen molar-refractivity contribution in [3.63, 3.8) is 0 Å². The molecule has 0 saturated heterocycles. The van der Waals surface area contributed by atoms with Gasteiger partial charge in [-0.3, -0.25) is 9.78 Å². The van der Waals surface area contributed by atoms with E-state index in [1.165, 1.54) is 0 Å². The first-order valence-electron chi connectivity index (χ1n) is 6.46. The van der Waals surface area contributed by atoms with Crippen molar-refractivity contribution >= 4 is 23.3 Å². The van der Waals surface area contributed by atoms with Gasteiger partial charge in [-0.2, -0.15) is 0 Å². The Morgan fingerprint density at radius 3 is 2.89 bits per heavy atom. The Kier molecular flexibility index (Phi) is 3.95. The molecule has 0 spiro atoms. The van der Waals surface area contributed by atoms with Crippen LogP contribution >= 0.6 is 0 Å². The largest absolute Gasteiger partial charge is 0.359 e. The van der Waals surface area contributed by atoms with Gasteiger partial charge in [0.25, 0.3) is 0 Å². The van der Waals surface area contributed by atoms with Gasteiger partial charge in [0.05, 0.1) is 11.2 Å². The Morgan fingerprint density at radius 1 is 1.47 bits per heavy atom. The molecule has 0 saturated carbocycles. The van der Waals surface area contributed by atoms with Crippen LogP contribution in [0.25, 0.3) is 17.0 Å². The molecule has 3 nitrogen and oxygen atoms in total. The Hall–Kier alpha value is -2.16. The van der Waals surface area contributed by atoms with Crippen LogP contribution in [0.1, 0.15) is 31.5 Å². The number of rotatable bonds is 4. The molecule has 1 N–H and O–H groups in total. The Labute approximate surface area is 113 Å². The number of nitrogens with one attached hydrogen (secondary N) is 1. The van der Waals surface area contributed by atoms with E-state index in [9.17, 15) is 4.79 Å².